The number of ether oxygens (including phenoxy) is 3. The summed E-state index contributed by atoms with van der Waals surface area (Å²) in [6.07, 6.45) is 71.8. The number of allylic oxidation sites excluding steroid dienone is 12. The van der Waals surface area contributed by atoms with Crippen LogP contribution in [0.5, 0.6) is 0 Å². The van der Waals surface area contributed by atoms with Gasteiger partial charge in [-0.1, -0.05) is 248 Å². The second kappa shape index (κ2) is 56.4. The van der Waals surface area contributed by atoms with Crippen molar-refractivity contribution in [3.63, 3.8) is 0 Å². The summed E-state index contributed by atoms with van der Waals surface area (Å²) >= 11 is 0. The van der Waals surface area contributed by atoms with E-state index in [1.165, 1.54) is 135 Å². The lowest BCUT2D eigenvalue weighted by molar-refractivity contribution is -0.167. The molecule has 0 rings (SSSR count). The van der Waals surface area contributed by atoms with Crippen molar-refractivity contribution >= 4 is 17.9 Å². The predicted octanol–water partition coefficient (Wildman–Crippen LogP) is 19.4. The van der Waals surface area contributed by atoms with Crippen LogP contribution in [-0.4, -0.2) is 37.2 Å². The van der Waals surface area contributed by atoms with E-state index < -0.39 is 6.10 Å². The summed E-state index contributed by atoms with van der Waals surface area (Å²) in [6.45, 7) is 6.51. The molecule has 0 saturated carbocycles. The third kappa shape index (κ3) is 53.8. The van der Waals surface area contributed by atoms with Crippen molar-refractivity contribution in [3.05, 3.63) is 72.9 Å². The highest BCUT2D eigenvalue weighted by Crippen LogP contribution is 2.15. The summed E-state index contributed by atoms with van der Waals surface area (Å²) in [7, 11) is 0. The van der Waals surface area contributed by atoms with E-state index >= 15 is 0 Å². The molecule has 1 atom stereocenters. The summed E-state index contributed by atoms with van der Waals surface area (Å²) < 4.78 is 16.8. The molecule has 0 aliphatic carbocycles. The van der Waals surface area contributed by atoms with E-state index in [0.717, 1.165) is 109 Å². The number of unbranched alkanes of at least 4 members (excludes halogenated alkanes) is 29. The van der Waals surface area contributed by atoms with Gasteiger partial charge in [-0.2, -0.15) is 0 Å². The Morgan fingerprint density at radius 2 is 0.574 bits per heavy atom. The number of rotatable bonds is 52. The van der Waals surface area contributed by atoms with Gasteiger partial charge in [0.2, 0.25) is 0 Å². The third-order valence-electron chi connectivity index (χ3n) is 12.4. The number of esters is 3. The predicted molar refractivity (Wildman–Crippen MR) is 293 cm³/mol. The van der Waals surface area contributed by atoms with Crippen LogP contribution in [0.3, 0.4) is 0 Å². The number of carbonyl (C=O) groups excluding carboxylic acids is 3. The zero-order valence-electron chi connectivity index (χ0n) is 44.9. The Bertz CT molecular complexity index is 1270. The van der Waals surface area contributed by atoms with E-state index in [0.29, 0.717) is 19.3 Å². The second-order valence-corrected chi connectivity index (χ2v) is 19.2. The van der Waals surface area contributed by atoms with Crippen LogP contribution in [0.1, 0.15) is 284 Å². The van der Waals surface area contributed by atoms with Crippen LogP contribution in [0.2, 0.25) is 0 Å². The molecular formula is C62H108O6. The molecular weight excluding hydrogens is 841 g/mol. The van der Waals surface area contributed by atoms with Crippen LogP contribution in [0.4, 0.5) is 0 Å². The fraction of sp³-hybridized carbons (Fsp3) is 0.758. The van der Waals surface area contributed by atoms with Gasteiger partial charge >= 0.3 is 17.9 Å². The van der Waals surface area contributed by atoms with Crippen LogP contribution >= 0.6 is 0 Å². The molecule has 6 heteroatoms. The lowest BCUT2D eigenvalue weighted by Crippen LogP contribution is -2.30. The Balaban J connectivity index is 4.31. The number of hydrogen-bond donors (Lipinski definition) is 0. The van der Waals surface area contributed by atoms with Crippen LogP contribution < -0.4 is 0 Å². The van der Waals surface area contributed by atoms with Crippen molar-refractivity contribution < 1.29 is 28.6 Å². The van der Waals surface area contributed by atoms with Crippen LogP contribution in [0.25, 0.3) is 0 Å². The van der Waals surface area contributed by atoms with Crippen molar-refractivity contribution in [3.8, 4) is 0 Å². The van der Waals surface area contributed by atoms with Gasteiger partial charge in [0.25, 0.3) is 0 Å². The summed E-state index contributed by atoms with van der Waals surface area (Å²) in [4.78, 5) is 38.1. The van der Waals surface area contributed by atoms with E-state index in [9.17, 15) is 14.4 Å². The molecule has 0 aromatic heterocycles. The SMILES string of the molecule is CC/C=C\C/C=C\C/C=C\C/C=C\CCCCCCCCCCCCC(=O)OCC(COC(=O)CCCCCCCCCCCCC)OC(=O)CCCCCCC/C=C\C/C=C\CCCCCC. The average molecular weight is 950 g/mol. The molecule has 0 amide bonds. The van der Waals surface area contributed by atoms with Gasteiger partial charge in [0.1, 0.15) is 13.2 Å². The maximum Gasteiger partial charge on any atom is 0.306 e. The molecule has 0 radical (unpaired) electrons. The summed E-state index contributed by atoms with van der Waals surface area (Å²) in [5.41, 5.74) is 0. The average Bonchev–Trinajstić information content (AvgIpc) is 3.34. The van der Waals surface area contributed by atoms with Gasteiger partial charge in [-0.25, -0.2) is 0 Å². The first-order valence-corrected chi connectivity index (χ1v) is 28.9. The van der Waals surface area contributed by atoms with Gasteiger partial charge in [-0.05, 0) is 89.9 Å². The molecule has 0 heterocycles. The van der Waals surface area contributed by atoms with Crippen molar-refractivity contribution in [2.24, 2.45) is 0 Å². The monoisotopic (exact) mass is 949 g/mol. The minimum Gasteiger partial charge on any atom is -0.462 e. The fourth-order valence-electron chi connectivity index (χ4n) is 8.11. The molecule has 0 bridgehead atoms. The van der Waals surface area contributed by atoms with Crippen LogP contribution in [-0.2, 0) is 28.6 Å². The fourth-order valence-corrected chi connectivity index (χ4v) is 8.11. The molecule has 0 fully saturated rings. The van der Waals surface area contributed by atoms with E-state index in [2.05, 4.69) is 93.7 Å². The maximum absolute atomic E-state index is 12.8. The molecule has 0 aliphatic rings. The van der Waals surface area contributed by atoms with Crippen LogP contribution in [0, 0.1) is 0 Å². The van der Waals surface area contributed by atoms with Gasteiger partial charge in [-0.3, -0.25) is 14.4 Å². The Hall–Kier alpha value is -3.15. The topological polar surface area (TPSA) is 78.9 Å². The number of hydrogen-bond acceptors (Lipinski definition) is 6. The Kier molecular flexibility index (Phi) is 53.8. The summed E-state index contributed by atoms with van der Waals surface area (Å²) in [6, 6.07) is 0. The first-order chi connectivity index (χ1) is 33.5. The molecule has 0 N–H and O–H groups in total. The van der Waals surface area contributed by atoms with Gasteiger partial charge in [0.05, 0.1) is 0 Å². The van der Waals surface area contributed by atoms with E-state index in [1.54, 1.807) is 0 Å². The maximum atomic E-state index is 12.8. The van der Waals surface area contributed by atoms with Crippen molar-refractivity contribution in [2.75, 3.05) is 13.2 Å². The smallest absolute Gasteiger partial charge is 0.306 e. The molecule has 392 valence electrons. The normalized spacial score (nSPS) is 12.6. The first-order valence-electron chi connectivity index (χ1n) is 28.9. The summed E-state index contributed by atoms with van der Waals surface area (Å²) in [5, 5.41) is 0. The van der Waals surface area contributed by atoms with Crippen molar-refractivity contribution in [1.82, 2.24) is 0 Å². The molecule has 1 unspecified atom stereocenters. The molecule has 0 aromatic rings. The standard InChI is InChI=1S/C62H108O6/c1-4-7-10-13-16-19-22-24-26-28-29-30-31-32-33-34-36-37-40-43-46-49-52-55-61(64)67-58-59(57-66-60(63)54-51-48-45-42-39-21-18-15-12-9-6-3)68-62(65)56-53-50-47-44-41-38-35-27-25-23-20-17-14-11-8-5-2/h7,10,16,19-20,23-24,26-27,29-30,35,59H,4-6,8-9,11-15,17-18,21-22,25,28,31-34,36-58H2,1-3H3/b10-7-,19-16-,23-20-,26-24-,30-29-,35-27-. The zero-order valence-corrected chi connectivity index (χ0v) is 44.9. The second-order valence-electron chi connectivity index (χ2n) is 19.2. The summed E-state index contributed by atoms with van der Waals surface area (Å²) in [5.74, 6) is -0.890. The largest absolute Gasteiger partial charge is 0.462 e. The molecule has 0 saturated heterocycles. The first kappa shape index (κ1) is 64.8. The quantitative estimate of drug-likeness (QED) is 0.0262. The Morgan fingerprint density at radius 1 is 0.309 bits per heavy atom. The zero-order chi connectivity index (χ0) is 49.3. The minimum absolute atomic E-state index is 0.0799. The van der Waals surface area contributed by atoms with Gasteiger partial charge < -0.3 is 14.2 Å². The Labute approximate surface area is 421 Å². The lowest BCUT2D eigenvalue weighted by Gasteiger charge is -2.18. The highest BCUT2D eigenvalue weighted by atomic mass is 16.6. The van der Waals surface area contributed by atoms with Crippen LogP contribution in [0.15, 0.2) is 72.9 Å². The number of carbonyl (C=O) groups is 3. The minimum atomic E-state index is -0.782. The highest BCUT2D eigenvalue weighted by molar-refractivity contribution is 5.71. The van der Waals surface area contributed by atoms with Gasteiger partial charge in [-0.15, -0.1) is 0 Å². The molecule has 68 heavy (non-hydrogen) atoms. The van der Waals surface area contributed by atoms with Crippen molar-refractivity contribution in [1.29, 1.82) is 0 Å². The van der Waals surface area contributed by atoms with Crippen molar-refractivity contribution in [2.45, 2.75) is 290 Å². The van der Waals surface area contributed by atoms with E-state index in [4.69, 9.17) is 14.2 Å². The van der Waals surface area contributed by atoms with E-state index in [1.807, 2.05) is 0 Å². The molecule has 0 spiro atoms. The Morgan fingerprint density at radius 3 is 0.912 bits per heavy atom. The molecule has 0 aliphatic heterocycles. The molecule has 0 aromatic carbocycles. The third-order valence-corrected chi connectivity index (χ3v) is 12.4. The van der Waals surface area contributed by atoms with E-state index in [-0.39, 0.29) is 31.1 Å². The van der Waals surface area contributed by atoms with Gasteiger partial charge in [0.15, 0.2) is 6.10 Å². The van der Waals surface area contributed by atoms with Gasteiger partial charge in [0, 0.05) is 19.3 Å². The lowest BCUT2D eigenvalue weighted by atomic mass is 10.1. The highest BCUT2D eigenvalue weighted by Gasteiger charge is 2.19. The molecule has 6 nitrogen and oxygen atoms in total.